The van der Waals surface area contributed by atoms with E-state index in [4.69, 9.17) is 0 Å². The summed E-state index contributed by atoms with van der Waals surface area (Å²) >= 11 is 1.76. The summed E-state index contributed by atoms with van der Waals surface area (Å²) in [7, 11) is -1.55. The molecule has 0 radical (unpaired) electrons. The minimum absolute atomic E-state index is 0.715. The highest BCUT2D eigenvalue weighted by atomic mass is 32.2. The van der Waals surface area contributed by atoms with E-state index in [2.05, 4.69) is 82.7 Å². The van der Waals surface area contributed by atoms with Crippen LogP contribution in [0.3, 0.4) is 0 Å². The monoisotopic (exact) mass is 304 g/mol. The van der Waals surface area contributed by atoms with Crippen molar-refractivity contribution in [3.05, 3.63) is 35.9 Å². The second-order valence-electron chi connectivity index (χ2n) is 6.40. The largest absolute Gasteiger partial charge is 0.147 e. The highest BCUT2D eigenvalue weighted by molar-refractivity contribution is 8.03. The van der Waals surface area contributed by atoms with Crippen LogP contribution in [0.25, 0.3) is 0 Å². The molecular formula is C18H28SSi. The summed E-state index contributed by atoms with van der Waals surface area (Å²) in [6.07, 6.45) is 0. The van der Waals surface area contributed by atoms with E-state index in [1.807, 2.05) is 0 Å². The van der Waals surface area contributed by atoms with Gasteiger partial charge in [0.25, 0.3) is 0 Å². The smallest absolute Gasteiger partial charge is 0.119 e. The van der Waals surface area contributed by atoms with Crippen LogP contribution in [0.15, 0.2) is 30.3 Å². The molecule has 20 heavy (non-hydrogen) atoms. The Balaban J connectivity index is 2.79. The summed E-state index contributed by atoms with van der Waals surface area (Å²) in [5, 5.41) is 3.45. The number of hydrogen-bond acceptors (Lipinski definition) is 1. The second kappa shape index (κ2) is 7.95. The first kappa shape index (κ1) is 17.4. The maximum atomic E-state index is 3.75. The van der Waals surface area contributed by atoms with Crippen molar-refractivity contribution >= 4 is 19.8 Å². The maximum Gasteiger partial charge on any atom is 0.147 e. The Morgan fingerprint density at radius 1 is 0.900 bits per heavy atom. The predicted molar refractivity (Wildman–Crippen MR) is 96.6 cm³/mol. The summed E-state index contributed by atoms with van der Waals surface area (Å²) in [6.45, 7) is 14.2. The maximum absolute atomic E-state index is 3.75. The molecule has 0 atom stereocenters. The third kappa shape index (κ3) is 4.17. The molecule has 0 unspecified atom stereocenters. The van der Waals surface area contributed by atoms with Crippen molar-refractivity contribution in [1.82, 2.24) is 0 Å². The van der Waals surface area contributed by atoms with Gasteiger partial charge in [-0.25, -0.2) is 0 Å². The molecule has 1 aromatic rings. The van der Waals surface area contributed by atoms with E-state index in [1.165, 1.54) is 5.56 Å². The molecule has 0 N–H and O–H groups in total. The van der Waals surface area contributed by atoms with Gasteiger partial charge in [0.2, 0.25) is 0 Å². The van der Waals surface area contributed by atoms with Crippen LogP contribution in [0.2, 0.25) is 16.6 Å². The number of benzene rings is 1. The van der Waals surface area contributed by atoms with Gasteiger partial charge in [-0.05, 0) is 27.4 Å². The molecule has 110 valence electrons. The Morgan fingerprint density at radius 3 is 1.85 bits per heavy atom. The summed E-state index contributed by atoms with van der Waals surface area (Å²) in [5.74, 6) is 0.993. The predicted octanol–water partition coefficient (Wildman–Crippen LogP) is 6.10. The lowest BCUT2D eigenvalue weighted by Gasteiger charge is -2.37. The van der Waals surface area contributed by atoms with Gasteiger partial charge in [-0.3, -0.25) is 0 Å². The quantitative estimate of drug-likeness (QED) is 0.468. The van der Waals surface area contributed by atoms with Crippen LogP contribution in [-0.4, -0.2) is 8.07 Å². The van der Waals surface area contributed by atoms with Crippen LogP contribution < -0.4 is 0 Å². The normalized spacial score (nSPS) is 11.8. The molecule has 0 bridgehead atoms. The van der Waals surface area contributed by atoms with E-state index in [0.29, 0.717) is 16.6 Å². The highest BCUT2D eigenvalue weighted by Crippen LogP contribution is 2.40. The molecule has 0 saturated carbocycles. The van der Waals surface area contributed by atoms with E-state index in [9.17, 15) is 0 Å². The van der Waals surface area contributed by atoms with Crippen molar-refractivity contribution in [2.75, 3.05) is 0 Å². The van der Waals surface area contributed by atoms with E-state index in [1.54, 1.807) is 11.8 Å². The third-order valence-electron chi connectivity index (χ3n) is 4.29. The topological polar surface area (TPSA) is 0 Å². The van der Waals surface area contributed by atoms with E-state index in [0.717, 1.165) is 5.75 Å². The Kier molecular flexibility index (Phi) is 6.92. The first-order chi connectivity index (χ1) is 9.41. The molecule has 1 rings (SSSR count). The highest BCUT2D eigenvalue weighted by Gasteiger charge is 2.41. The summed E-state index contributed by atoms with van der Waals surface area (Å²) in [4.78, 5) is 0. The van der Waals surface area contributed by atoms with Gasteiger partial charge >= 0.3 is 0 Å². The van der Waals surface area contributed by atoms with Gasteiger partial charge in [0.05, 0.1) is 0 Å². The van der Waals surface area contributed by atoms with Crippen molar-refractivity contribution in [2.24, 2.45) is 0 Å². The molecular weight excluding hydrogens is 276 g/mol. The number of rotatable bonds is 5. The Morgan fingerprint density at radius 2 is 1.40 bits per heavy atom. The van der Waals surface area contributed by atoms with Crippen molar-refractivity contribution in [1.29, 1.82) is 0 Å². The molecule has 0 saturated heterocycles. The summed E-state index contributed by atoms with van der Waals surface area (Å²) in [5.41, 5.74) is 7.26. The lowest BCUT2D eigenvalue weighted by atomic mass is 10.2. The van der Waals surface area contributed by atoms with Crippen LogP contribution >= 0.6 is 11.8 Å². The standard InChI is InChI=1S/C18H28SSi/c1-15(2)20(16(3)4,17(5)6)13-12-19-14-18-10-8-7-9-11-18/h7-11,15-17H,14H2,1-6H3. The molecule has 0 aliphatic heterocycles. The second-order valence-corrected chi connectivity index (χ2v) is 12.8. The fraction of sp³-hybridized carbons (Fsp3) is 0.556. The van der Waals surface area contributed by atoms with Gasteiger partial charge in [-0.15, -0.1) is 5.54 Å². The van der Waals surface area contributed by atoms with Crippen molar-refractivity contribution in [3.8, 4) is 10.8 Å². The van der Waals surface area contributed by atoms with Crippen LogP contribution in [0, 0.1) is 10.8 Å². The molecule has 0 heterocycles. The van der Waals surface area contributed by atoms with E-state index in [-0.39, 0.29) is 0 Å². The Hall–Kier alpha value is -0.653. The Bertz CT molecular complexity index is 430. The molecule has 2 heteroatoms. The zero-order valence-electron chi connectivity index (χ0n) is 13.7. The van der Waals surface area contributed by atoms with Gasteiger partial charge in [-0.1, -0.05) is 83.6 Å². The number of hydrogen-bond donors (Lipinski definition) is 0. The zero-order valence-corrected chi connectivity index (χ0v) is 15.6. The first-order valence-electron chi connectivity index (χ1n) is 7.59. The van der Waals surface area contributed by atoms with Gasteiger partial charge in [-0.2, -0.15) is 0 Å². The van der Waals surface area contributed by atoms with Crippen molar-refractivity contribution in [2.45, 2.75) is 63.9 Å². The van der Waals surface area contributed by atoms with Crippen LogP contribution in [-0.2, 0) is 5.75 Å². The SMILES string of the molecule is CC(C)[Si](C#CSCc1ccccc1)(C(C)C)C(C)C. The summed E-state index contributed by atoms with van der Waals surface area (Å²) in [6, 6.07) is 10.6. The lowest BCUT2D eigenvalue weighted by molar-refractivity contribution is 0.838. The molecule has 0 amide bonds. The lowest BCUT2D eigenvalue weighted by Crippen LogP contribution is -2.43. The Labute approximate surface area is 130 Å². The average Bonchev–Trinajstić information content (AvgIpc) is 2.38. The third-order valence-corrected chi connectivity index (χ3v) is 11.5. The molecule has 0 nitrogen and oxygen atoms in total. The molecule has 0 aromatic heterocycles. The van der Waals surface area contributed by atoms with E-state index >= 15 is 0 Å². The van der Waals surface area contributed by atoms with Gasteiger partial charge in [0.1, 0.15) is 8.07 Å². The first-order valence-corrected chi connectivity index (χ1v) is 10.8. The minimum Gasteiger partial charge on any atom is -0.119 e. The molecule has 0 aliphatic rings. The number of thioether (sulfide) groups is 1. The van der Waals surface area contributed by atoms with Crippen LogP contribution in [0.4, 0.5) is 0 Å². The minimum atomic E-state index is -1.55. The van der Waals surface area contributed by atoms with Gasteiger partial charge in [0.15, 0.2) is 0 Å². The van der Waals surface area contributed by atoms with Gasteiger partial charge < -0.3 is 0 Å². The fourth-order valence-corrected chi connectivity index (χ4v) is 9.54. The van der Waals surface area contributed by atoms with Crippen molar-refractivity contribution in [3.63, 3.8) is 0 Å². The van der Waals surface area contributed by atoms with Crippen molar-refractivity contribution < 1.29 is 0 Å². The zero-order chi connectivity index (χ0) is 15.2. The molecule has 0 fully saturated rings. The fourth-order valence-electron chi connectivity index (χ4n) is 3.25. The van der Waals surface area contributed by atoms with Crippen LogP contribution in [0.1, 0.15) is 47.1 Å². The summed E-state index contributed by atoms with van der Waals surface area (Å²) < 4.78 is 0. The van der Waals surface area contributed by atoms with Crippen LogP contribution in [0.5, 0.6) is 0 Å². The molecule has 0 spiro atoms. The van der Waals surface area contributed by atoms with Gasteiger partial charge in [0, 0.05) is 5.75 Å². The molecule has 0 aliphatic carbocycles. The molecule has 1 aromatic carbocycles. The average molecular weight is 305 g/mol. The van der Waals surface area contributed by atoms with E-state index < -0.39 is 8.07 Å².